The first-order valence-electron chi connectivity index (χ1n) is 15.3. The third-order valence-electron chi connectivity index (χ3n) is 11.0. The Morgan fingerprint density at radius 1 is 1.12 bits per heavy atom. The van der Waals surface area contributed by atoms with Gasteiger partial charge in [-0.25, -0.2) is 0 Å². The molecule has 43 heavy (non-hydrogen) atoms. The van der Waals surface area contributed by atoms with Crippen LogP contribution in [0.5, 0.6) is 0 Å². The molecule has 0 aromatic carbocycles. The number of fused-ring (bicyclic) bond motifs is 1. The first kappa shape index (κ1) is 30.1. The number of ether oxygens (including phenoxy) is 1. The topological polar surface area (TPSA) is 160 Å². The molecule has 6 rings (SSSR count). The highest BCUT2D eigenvalue weighted by Crippen LogP contribution is 2.65. The van der Waals surface area contributed by atoms with E-state index in [0.29, 0.717) is 6.42 Å². The summed E-state index contributed by atoms with van der Waals surface area (Å²) in [5.74, 6) is -5.44. The number of amides is 5. The molecule has 238 valence electrons. The molecule has 2 heterocycles. The molecule has 3 unspecified atom stereocenters. The van der Waals surface area contributed by atoms with Crippen molar-refractivity contribution in [2.75, 3.05) is 6.54 Å². The molecule has 11 nitrogen and oxygen atoms in total. The molecular weight excluding hydrogens is 571 g/mol. The van der Waals surface area contributed by atoms with E-state index in [4.69, 9.17) is 10.5 Å². The number of carbonyl (C=O) groups is 5. The maximum atomic E-state index is 14.0. The van der Waals surface area contributed by atoms with Gasteiger partial charge in [0.25, 0.3) is 0 Å². The number of primary amides is 1. The standard InChI is InChI=1S/C29H40F3N5O6/c1-13(43-28(8-9-28)15-4-5-15)19(35-25(42)29(30,31)32)24(41)37-12-16-18(26(16,2)3)20(37)23(40)34-17(21(33)38)10-14-11-27(6-7-27)36-22(14)39/h13-20H,4-12H2,1-3H3,(H2,33,38)(H,34,40)(H,35,42)(H,36,39)/t13-,14-,16?,17+,18?,19+,20?/m1/s1. The smallest absolute Gasteiger partial charge is 0.369 e. The maximum Gasteiger partial charge on any atom is 0.471 e. The van der Waals surface area contributed by atoms with Crippen LogP contribution in [0.25, 0.3) is 0 Å². The summed E-state index contributed by atoms with van der Waals surface area (Å²) in [6.07, 6.45) is -0.692. The average Bonchev–Trinajstić information content (AvgIpc) is 3.78. The van der Waals surface area contributed by atoms with Gasteiger partial charge in [0, 0.05) is 18.0 Å². The van der Waals surface area contributed by atoms with Crippen molar-refractivity contribution in [2.45, 2.75) is 114 Å². The van der Waals surface area contributed by atoms with Crippen LogP contribution in [0, 0.1) is 29.1 Å². The lowest BCUT2D eigenvalue weighted by Gasteiger charge is -2.36. The van der Waals surface area contributed by atoms with Crippen LogP contribution in [0.2, 0.25) is 0 Å². The monoisotopic (exact) mass is 611 g/mol. The lowest BCUT2D eigenvalue weighted by Crippen LogP contribution is -2.61. The van der Waals surface area contributed by atoms with Crippen LogP contribution in [0.4, 0.5) is 13.2 Å². The van der Waals surface area contributed by atoms with E-state index in [9.17, 15) is 37.1 Å². The zero-order chi connectivity index (χ0) is 31.3. The Kier molecular flexibility index (Phi) is 6.87. The van der Waals surface area contributed by atoms with Crippen LogP contribution in [-0.4, -0.2) is 82.5 Å². The molecular formula is C29H40F3N5O6. The molecule has 14 heteroatoms. The highest BCUT2D eigenvalue weighted by Gasteiger charge is 2.70. The lowest BCUT2D eigenvalue weighted by molar-refractivity contribution is -0.177. The number of nitrogens with one attached hydrogen (secondary N) is 3. The summed E-state index contributed by atoms with van der Waals surface area (Å²) in [6.45, 7) is 5.45. The number of rotatable bonds is 11. The van der Waals surface area contributed by atoms with Gasteiger partial charge in [0.1, 0.15) is 18.1 Å². The van der Waals surface area contributed by atoms with Gasteiger partial charge in [-0.15, -0.1) is 0 Å². The van der Waals surface area contributed by atoms with Crippen LogP contribution in [-0.2, 0) is 28.7 Å². The quantitative estimate of drug-likeness (QED) is 0.272. The Hall–Kier alpha value is -2.90. The number of hydrogen-bond donors (Lipinski definition) is 4. The van der Waals surface area contributed by atoms with Crippen LogP contribution in [0.1, 0.15) is 72.1 Å². The van der Waals surface area contributed by atoms with Crippen molar-refractivity contribution >= 4 is 29.5 Å². The normalized spacial score (nSPS) is 32.7. The Morgan fingerprint density at radius 3 is 2.28 bits per heavy atom. The Bertz CT molecular complexity index is 1240. The molecule has 0 radical (unpaired) electrons. The largest absolute Gasteiger partial charge is 0.471 e. The van der Waals surface area contributed by atoms with Gasteiger partial charge >= 0.3 is 12.1 Å². The zero-order valence-electron chi connectivity index (χ0n) is 24.6. The third-order valence-corrected chi connectivity index (χ3v) is 11.0. The molecule has 4 saturated carbocycles. The van der Waals surface area contributed by atoms with Crippen LogP contribution < -0.4 is 21.7 Å². The first-order valence-corrected chi connectivity index (χ1v) is 15.3. The van der Waals surface area contributed by atoms with Gasteiger partial charge in [-0.1, -0.05) is 13.8 Å². The summed E-state index contributed by atoms with van der Waals surface area (Å²) in [5, 5.41) is 7.45. The molecule has 0 aromatic rings. The number of nitrogens with zero attached hydrogens (tertiary/aromatic N) is 1. The van der Waals surface area contributed by atoms with Crippen molar-refractivity contribution in [1.29, 1.82) is 0 Å². The molecule has 2 saturated heterocycles. The predicted molar refractivity (Wildman–Crippen MR) is 143 cm³/mol. The van der Waals surface area contributed by atoms with Crippen LogP contribution in [0.15, 0.2) is 0 Å². The van der Waals surface area contributed by atoms with Crippen LogP contribution in [0.3, 0.4) is 0 Å². The second-order valence-corrected chi connectivity index (χ2v) is 14.4. The maximum absolute atomic E-state index is 14.0. The van der Waals surface area contributed by atoms with Gasteiger partial charge in [0.05, 0.1) is 11.7 Å². The Balaban J connectivity index is 1.20. The number of likely N-dealkylation sites (tertiary alicyclic amines) is 1. The number of nitrogens with two attached hydrogens (primary N) is 1. The average molecular weight is 612 g/mol. The predicted octanol–water partition coefficient (Wildman–Crippen LogP) is 0.893. The summed E-state index contributed by atoms with van der Waals surface area (Å²) in [5.41, 5.74) is 4.56. The molecule has 0 bridgehead atoms. The minimum atomic E-state index is -5.22. The molecule has 5 N–H and O–H groups in total. The SMILES string of the molecule is C[C@@H](OC1(C2CC2)CC1)[C@H](NC(=O)C(F)(F)F)C(=O)N1CC2C(C1C(=O)N[C@@H](C[C@@H]1CC3(CC3)NC1=O)C(N)=O)C2(C)C. The third kappa shape index (κ3) is 5.48. The van der Waals surface area contributed by atoms with Crippen molar-refractivity contribution in [1.82, 2.24) is 20.9 Å². The van der Waals surface area contributed by atoms with Gasteiger partial charge in [-0.2, -0.15) is 13.2 Å². The molecule has 4 aliphatic carbocycles. The number of piperidine rings is 1. The summed E-state index contributed by atoms with van der Waals surface area (Å²) in [4.78, 5) is 66.0. The lowest BCUT2D eigenvalue weighted by atomic mass is 9.94. The summed E-state index contributed by atoms with van der Waals surface area (Å²) in [6, 6.07) is -3.95. The minimum Gasteiger partial charge on any atom is -0.369 e. The summed E-state index contributed by atoms with van der Waals surface area (Å²) in [7, 11) is 0. The van der Waals surface area contributed by atoms with E-state index < -0.39 is 65.6 Å². The fraction of sp³-hybridized carbons (Fsp3) is 0.828. The van der Waals surface area contributed by atoms with Crippen molar-refractivity contribution < 1.29 is 41.9 Å². The molecule has 1 spiro atoms. The zero-order valence-corrected chi connectivity index (χ0v) is 24.6. The van der Waals surface area contributed by atoms with Crippen molar-refractivity contribution in [3.05, 3.63) is 0 Å². The molecule has 0 aromatic heterocycles. The Labute approximate surface area is 247 Å². The summed E-state index contributed by atoms with van der Waals surface area (Å²) < 4.78 is 46.2. The highest BCUT2D eigenvalue weighted by atomic mass is 19.4. The van der Waals surface area contributed by atoms with E-state index >= 15 is 0 Å². The molecule has 2 aliphatic heterocycles. The van der Waals surface area contributed by atoms with Crippen molar-refractivity contribution in [3.8, 4) is 0 Å². The van der Waals surface area contributed by atoms with E-state index in [-0.39, 0.29) is 47.6 Å². The number of carbonyl (C=O) groups excluding carboxylic acids is 5. The van der Waals surface area contributed by atoms with Crippen LogP contribution >= 0.6 is 0 Å². The molecule has 5 amide bonds. The minimum absolute atomic E-state index is 0.00516. The van der Waals surface area contributed by atoms with Gasteiger partial charge in [-0.3, -0.25) is 24.0 Å². The number of hydrogen-bond acceptors (Lipinski definition) is 6. The van der Waals surface area contributed by atoms with Gasteiger partial charge in [-0.05, 0) is 81.5 Å². The number of alkyl halides is 3. The fourth-order valence-electron chi connectivity index (χ4n) is 7.83. The Morgan fingerprint density at radius 2 is 1.77 bits per heavy atom. The highest BCUT2D eigenvalue weighted by molar-refractivity contribution is 5.96. The molecule has 6 fully saturated rings. The van der Waals surface area contributed by atoms with Gasteiger partial charge in [0.15, 0.2) is 0 Å². The fourth-order valence-corrected chi connectivity index (χ4v) is 7.83. The second kappa shape index (κ2) is 9.80. The first-order chi connectivity index (χ1) is 20.0. The second-order valence-electron chi connectivity index (χ2n) is 14.4. The summed E-state index contributed by atoms with van der Waals surface area (Å²) >= 11 is 0. The van der Waals surface area contributed by atoms with Crippen molar-refractivity contribution in [2.24, 2.45) is 34.8 Å². The van der Waals surface area contributed by atoms with E-state index in [1.54, 1.807) is 0 Å². The molecule has 6 aliphatic rings. The van der Waals surface area contributed by atoms with Gasteiger partial charge in [0.2, 0.25) is 23.6 Å². The van der Waals surface area contributed by atoms with E-state index in [2.05, 4.69) is 10.6 Å². The van der Waals surface area contributed by atoms with Crippen molar-refractivity contribution in [3.63, 3.8) is 0 Å². The van der Waals surface area contributed by atoms with E-state index in [1.165, 1.54) is 11.8 Å². The van der Waals surface area contributed by atoms with E-state index in [1.807, 2.05) is 19.2 Å². The molecule has 7 atom stereocenters. The number of halogens is 3. The van der Waals surface area contributed by atoms with E-state index in [0.717, 1.165) is 38.5 Å². The van der Waals surface area contributed by atoms with Gasteiger partial charge < -0.3 is 31.3 Å².